The van der Waals surface area contributed by atoms with Crippen LogP contribution in [0.25, 0.3) is 0 Å². The zero-order valence-electron chi connectivity index (χ0n) is 13.5. The van der Waals surface area contributed by atoms with E-state index in [1.807, 2.05) is 0 Å². The first-order valence-corrected chi connectivity index (χ1v) is 9.48. The lowest BCUT2D eigenvalue weighted by molar-refractivity contribution is -0.135. The molecule has 0 atom stereocenters. The van der Waals surface area contributed by atoms with E-state index < -0.39 is 21.9 Å². The number of allylic oxidation sites excluding steroid dienone is 1. The number of sulfonamides is 1. The van der Waals surface area contributed by atoms with Crippen LogP contribution in [0.1, 0.15) is 16.8 Å². The first-order chi connectivity index (χ1) is 11.3. The van der Waals surface area contributed by atoms with Crippen LogP contribution in [-0.4, -0.2) is 51.6 Å². The fourth-order valence-corrected chi connectivity index (χ4v) is 3.99. The number of carbonyl (C=O) groups is 2. The predicted octanol–water partition coefficient (Wildman–Crippen LogP) is 1.19. The Morgan fingerprint density at radius 2 is 1.83 bits per heavy atom. The summed E-state index contributed by atoms with van der Waals surface area (Å²) >= 11 is 1.33. The maximum atomic E-state index is 12.3. The van der Waals surface area contributed by atoms with Crippen molar-refractivity contribution in [1.29, 1.82) is 0 Å². The highest BCUT2D eigenvalue weighted by molar-refractivity contribution is 8.04. The van der Waals surface area contributed by atoms with Crippen molar-refractivity contribution < 1.29 is 22.7 Å². The summed E-state index contributed by atoms with van der Waals surface area (Å²) in [5, 5.41) is 2.70. The summed E-state index contributed by atoms with van der Waals surface area (Å²) in [6.07, 6.45) is 0.563. The van der Waals surface area contributed by atoms with E-state index in [4.69, 9.17) is 0 Å². The number of nitrogens with one attached hydrogen (secondary N) is 1. The van der Waals surface area contributed by atoms with E-state index in [0.717, 1.165) is 4.31 Å². The molecule has 1 N–H and O–H groups in total. The third-order valence-corrected chi connectivity index (χ3v) is 6.34. The molecule has 1 aliphatic rings. The standard InChI is InChI=1S/C15H18N2O5S2/c1-17(2)24(20,21)11-6-4-10(5-7-11)14(18)16-12-8-9-23-13(12)15(19)22-3/h4-7H,8-9H2,1-3H3,(H,16,18). The van der Waals surface area contributed by atoms with Gasteiger partial charge in [0, 0.05) is 31.1 Å². The van der Waals surface area contributed by atoms with Crippen LogP contribution in [-0.2, 0) is 19.6 Å². The van der Waals surface area contributed by atoms with Crippen LogP contribution >= 0.6 is 11.8 Å². The van der Waals surface area contributed by atoms with Crippen molar-refractivity contribution in [3.63, 3.8) is 0 Å². The minimum atomic E-state index is -3.54. The molecule has 0 saturated carbocycles. The number of thioether (sulfide) groups is 1. The summed E-state index contributed by atoms with van der Waals surface area (Å²) in [4.78, 5) is 24.4. The van der Waals surface area contributed by atoms with Crippen molar-refractivity contribution >= 4 is 33.7 Å². The number of carbonyl (C=O) groups excluding carboxylic acids is 2. The Labute approximate surface area is 145 Å². The van der Waals surface area contributed by atoms with E-state index in [1.165, 1.54) is 57.2 Å². The fraction of sp³-hybridized carbons (Fsp3) is 0.333. The van der Waals surface area contributed by atoms with Gasteiger partial charge in [-0.1, -0.05) is 0 Å². The van der Waals surface area contributed by atoms with Crippen LogP contribution in [0.5, 0.6) is 0 Å². The maximum Gasteiger partial charge on any atom is 0.346 e. The summed E-state index contributed by atoms with van der Waals surface area (Å²) in [6, 6.07) is 5.63. The van der Waals surface area contributed by atoms with Crippen LogP contribution in [0.15, 0.2) is 39.8 Å². The summed E-state index contributed by atoms with van der Waals surface area (Å²) in [5.74, 6) is -0.178. The minimum Gasteiger partial charge on any atom is -0.465 e. The normalized spacial score (nSPS) is 14.8. The number of benzene rings is 1. The van der Waals surface area contributed by atoms with Gasteiger partial charge in [-0.15, -0.1) is 11.8 Å². The van der Waals surface area contributed by atoms with Crippen molar-refractivity contribution in [2.75, 3.05) is 27.0 Å². The zero-order chi connectivity index (χ0) is 17.9. The zero-order valence-corrected chi connectivity index (χ0v) is 15.2. The Morgan fingerprint density at radius 1 is 1.21 bits per heavy atom. The van der Waals surface area contributed by atoms with E-state index in [0.29, 0.717) is 28.3 Å². The van der Waals surface area contributed by atoms with E-state index >= 15 is 0 Å². The number of rotatable bonds is 5. The lowest BCUT2D eigenvalue weighted by Gasteiger charge is -2.12. The van der Waals surface area contributed by atoms with Gasteiger partial charge in [0.1, 0.15) is 4.91 Å². The number of amides is 1. The molecule has 2 rings (SSSR count). The minimum absolute atomic E-state index is 0.106. The van der Waals surface area contributed by atoms with E-state index in [9.17, 15) is 18.0 Å². The van der Waals surface area contributed by atoms with E-state index in [-0.39, 0.29) is 4.90 Å². The van der Waals surface area contributed by atoms with Gasteiger partial charge < -0.3 is 10.1 Å². The number of hydrogen-bond acceptors (Lipinski definition) is 6. The van der Waals surface area contributed by atoms with E-state index in [1.54, 1.807) is 0 Å². The molecule has 9 heteroatoms. The van der Waals surface area contributed by atoms with Crippen molar-refractivity contribution in [2.24, 2.45) is 0 Å². The van der Waals surface area contributed by atoms with Gasteiger partial charge in [-0.2, -0.15) is 0 Å². The number of ether oxygens (including phenoxy) is 1. The molecule has 1 amide bonds. The Hall–Kier alpha value is -1.84. The highest BCUT2D eigenvalue weighted by Gasteiger charge is 2.24. The number of methoxy groups -OCH3 is 1. The SMILES string of the molecule is COC(=O)C1=C(NC(=O)c2ccc(S(=O)(=O)N(C)C)cc2)CCS1. The molecule has 1 aromatic carbocycles. The average molecular weight is 370 g/mol. The lowest BCUT2D eigenvalue weighted by Crippen LogP contribution is -2.25. The third-order valence-electron chi connectivity index (χ3n) is 3.40. The number of hydrogen-bond donors (Lipinski definition) is 1. The summed E-state index contributed by atoms with van der Waals surface area (Å²) < 4.78 is 29.8. The Kier molecular flexibility index (Phi) is 5.68. The first kappa shape index (κ1) is 18.5. The molecule has 1 heterocycles. The number of nitrogens with zero attached hydrogens (tertiary/aromatic N) is 1. The van der Waals surface area contributed by atoms with Crippen LogP contribution in [0.4, 0.5) is 0 Å². The Morgan fingerprint density at radius 3 is 2.38 bits per heavy atom. The second-order valence-electron chi connectivity index (χ2n) is 5.16. The second kappa shape index (κ2) is 7.37. The average Bonchev–Trinajstić information content (AvgIpc) is 3.02. The van der Waals surface area contributed by atoms with Gasteiger partial charge in [-0.25, -0.2) is 17.5 Å². The Bertz CT molecular complexity index is 783. The van der Waals surface area contributed by atoms with Gasteiger partial charge in [0.2, 0.25) is 10.0 Å². The van der Waals surface area contributed by atoms with Gasteiger partial charge in [-0.3, -0.25) is 4.79 Å². The lowest BCUT2D eigenvalue weighted by atomic mass is 10.2. The molecule has 0 bridgehead atoms. The predicted molar refractivity (Wildman–Crippen MR) is 90.9 cm³/mol. The first-order valence-electron chi connectivity index (χ1n) is 7.05. The largest absolute Gasteiger partial charge is 0.465 e. The molecule has 0 aliphatic carbocycles. The van der Waals surface area contributed by atoms with Crippen LogP contribution in [0.3, 0.4) is 0 Å². The summed E-state index contributed by atoms with van der Waals surface area (Å²) in [5.41, 5.74) is 0.836. The highest BCUT2D eigenvalue weighted by atomic mass is 32.2. The Balaban J connectivity index is 2.18. The number of esters is 1. The van der Waals surface area contributed by atoms with Crippen LogP contribution in [0.2, 0.25) is 0 Å². The molecule has 1 aromatic rings. The third kappa shape index (κ3) is 3.80. The van der Waals surface area contributed by atoms with Gasteiger partial charge in [0.05, 0.1) is 12.0 Å². The second-order valence-corrected chi connectivity index (χ2v) is 8.42. The van der Waals surface area contributed by atoms with Crippen LogP contribution < -0.4 is 5.32 Å². The van der Waals surface area contributed by atoms with Crippen molar-refractivity contribution in [1.82, 2.24) is 9.62 Å². The topological polar surface area (TPSA) is 92.8 Å². The molecule has 0 fully saturated rings. The molecule has 0 unspecified atom stereocenters. The fourth-order valence-electron chi connectivity index (χ4n) is 2.05. The molecule has 7 nitrogen and oxygen atoms in total. The molecule has 130 valence electrons. The van der Waals surface area contributed by atoms with Crippen molar-refractivity contribution in [3.05, 3.63) is 40.4 Å². The molecular formula is C15H18N2O5S2. The van der Waals surface area contributed by atoms with Crippen LogP contribution in [0, 0.1) is 0 Å². The van der Waals surface area contributed by atoms with Gasteiger partial charge >= 0.3 is 5.97 Å². The summed E-state index contributed by atoms with van der Waals surface area (Å²) in [7, 11) is 0.630. The maximum absolute atomic E-state index is 12.3. The molecule has 0 aromatic heterocycles. The molecule has 24 heavy (non-hydrogen) atoms. The molecule has 0 spiro atoms. The molecule has 0 radical (unpaired) electrons. The molecule has 0 saturated heterocycles. The quantitative estimate of drug-likeness (QED) is 0.783. The smallest absolute Gasteiger partial charge is 0.346 e. The monoisotopic (exact) mass is 370 g/mol. The van der Waals surface area contributed by atoms with Gasteiger partial charge in [0.15, 0.2) is 0 Å². The van der Waals surface area contributed by atoms with Crippen molar-refractivity contribution in [3.8, 4) is 0 Å². The van der Waals surface area contributed by atoms with Gasteiger partial charge in [0.25, 0.3) is 5.91 Å². The summed E-state index contributed by atoms with van der Waals surface area (Å²) in [6.45, 7) is 0. The molecule has 1 aliphatic heterocycles. The highest BCUT2D eigenvalue weighted by Crippen LogP contribution is 2.30. The van der Waals surface area contributed by atoms with E-state index in [2.05, 4.69) is 10.1 Å². The van der Waals surface area contributed by atoms with Crippen molar-refractivity contribution in [2.45, 2.75) is 11.3 Å². The molecular weight excluding hydrogens is 352 g/mol. The van der Waals surface area contributed by atoms with Gasteiger partial charge in [-0.05, 0) is 30.7 Å².